The monoisotopic (exact) mass is 546 g/mol. The second-order valence-electron chi connectivity index (χ2n) is 8.62. The minimum absolute atomic E-state index is 0.00953. The molecule has 3 rings (SSSR count). The summed E-state index contributed by atoms with van der Waals surface area (Å²) in [5.41, 5.74) is 1.28. The third kappa shape index (κ3) is 8.44. The SMILES string of the molecule is COc1cc(/C=C/c2ccc(F)cc2)c(O[C@H]2C[C@@H](OC(C)=O)[C@H](OC(C)=O)[C@@H](COC(C)=O)O2)c(OC)c1. The number of rotatable bonds is 10. The number of benzene rings is 2. The van der Waals surface area contributed by atoms with Crippen LogP contribution in [0.4, 0.5) is 4.39 Å². The van der Waals surface area contributed by atoms with Crippen LogP contribution in [0.15, 0.2) is 36.4 Å². The predicted octanol–water partition coefficient (Wildman–Crippen LogP) is 3.93. The van der Waals surface area contributed by atoms with Crippen molar-refractivity contribution in [3.63, 3.8) is 0 Å². The summed E-state index contributed by atoms with van der Waals surface area (Å²) in [6.45, 7) is 3.38. The first-order chi connectivity index (χ1) is 18.6. The molecule has 0 spiro atoms. The zero-order chi connectivity index (χ0) is 28.5. The van der Waals surface area contributed by atoms with Crippen molar-refractivity contribution in [3.05, 3.63) is 53.3 Å². The Bertz CT molecular complexity index is 1190. The molecule has 4 atom stereocenters. The topological polar surface area (TPSA) is 116 Å². The van der Waals surface area contributed by atoms with Gasteiger partial charge in [-0.3, -0.25) is 14.4 Å². The van der Waals surface area contributed by atoms with E-state index in [2.05, 4.69) is 0 Å². The largest absolute Gasteiger partial charge is 0.497 e. The first-order valence-electron chi connectivity index (χ1n) is 12.1. The molecule has 1 aliphatic rings. The van der Waals surface area contributed by atoms with E-state index in [1.54, 1.807) is 36.4 Å². The van der Waals surface area contributed by atoms with Gasteiger partial charge in [-0.15, -0.1) is 0 Å². The maximum atomic E-state index is 13.3. The van der Waals surface area contributed by atoms with Crippen LogP contribution in [0.2, 0.25) is 0 Å². The summed E-state index contributed by atoms with van der Waals surface area (Å²) < 4.78 is 52.4. The maximum absolute atomic E-state index is 13.3. The lowest BCUT2D eigenvalue weighted by Crippen LogP contribution is -2.54. The number of carbonyl (C=O) groups excluding carboxylic acids is 3. The number of carbonyl (C=O) groups is 3. The highest BCUT2D eigenvalue weighted by Crippen LogP contribution is 2.39. The average Bonchev–Trinajstić information content (AvgIpc) is 2.88. The molecule has 210 valence electrons. The van der Waals surface area contributed by atoms with Crippen LogP contribution < -0.4 is 14.2 Å². The van der Waals surface area contributed by atoms with Crippen LogP contribution >= 0.6 is 0 Å². The van der Waals surface area contributed by atoms with Crippen molar-refractivity contribution in [2.75, 3.05) is 20.8 Å². The van der Waals surface area contributed by atoms with Gasteiger partial charge < -0.3 is 33.2 Å². The molecule has 0 aromatic heterocycles. The summed E-state index contributed by atoms with van der Waals surface area (Å²) in [6, 6.07) is 9.25. The van der Waals surface area contributed by atoms with E-state index < -0.39 is 42.5 Å². The van der Waals surface area contributed by atoms with Crippen LogP contribution in [0.3, 0.4) is 0 Å². The number of ether oxygens (including phenoxy) is 7. The summed E-state index contributed by atoms with van der Waals surface area (Å²) in [5, 5.41) is 0. The van der Waals surface area contributed by atoms with E-state index in [-0.39, 0.29) is 24.6 Å². The molecule has 1 fully saturated rings. The molecule has 0 aliphatic carbocycles. The van der Waals surface area contributed by atoms with Gasteiger partial charge >= 0.3 is 17.9 Å². The van der Waals surface area contributed by atoms with Gasteiger partial charge in [-0.1, -0.05) is 24.3 Å². The molecular formula is C28H31FO10. The lowest BCUT2D eigenvalue weighted by molar-refractivity contribution is -0.246. The molecular weight excluding hydrogens is 515 g/mol. The molecule has 0 unspecified atom stereocenters. The smallest absolute Gasteiger partial charge is 0.303 e. The quantitative estimate of drug-likeness (QED) is 0.247. The molecule has 10 nitrogen and oxygen atoms in total. The molecule has 2 aromatic carbocycles. The van der Waals surface area contributed by atoms with Crippen molar-refractivity contribution in [1.82, 2.24) is 0 Å². The molecule has 1 saturated heterocycles. The standard InChI is InChI=1S/C28H31FO10/c1-16(30)35-15-25-28(37-18(3)32)24(36-17(2)31)14-26(38-25)39-27-20(12-22(33-4)13-23(27)34-5)9-6-19-7-10-21(29)11-8-19/h6-13,24-26,28H,14-15H2,1-5H3/b9-6+/t24-,25-,26+,28+/m1/s1. The van der Waals surface area contributed by atoms with Gasteiger partial charge in [0, 0.05) is 32.4 Å². The molecule has 0 bridgehead atoms. The van der Waals surface area contributed by atoms with Crippen molar-refractivity contribution < 1.29 is 51.9 Å². The fraction of sp³-hybridized carbons (Fsp3) is 0.393. The molecule has 1 heterocycles. The summed E-state index contributed by atoms with van der Waals surface area (Å²) in [7, 11) is 2.96. The van der Waals surface area contributed by atoms with Crippen LogP contribution in [-0.2, 0) is 33.3 Å². The molecule has 11 heteroatoms. The van der Waals surface area contributed by atoms with Gasteiger partial charge in [-0.05, 0) is 23.8 Å². The number of esters is 3. The number of halogens is 1. The van der Waals surface area contributed by atoms with Gasteiger partial charge in [0.05, 0.1) is 20.6 Å². The number of hydrogen-bond acceptors (Lipinski definition) is 10. The highest BCUT2D eigenvalue weighted by Gasteiger charge is 2.45. The Balaban J connectivity index is 1.97. The van der Waals surface area contributed by atoms with Crippen molar-refractivity contribution in [2.24, 2.45) is 0 Å². The van der Waals surface area contributed by atoms with Crippen molar-refractivity contribution >= 4 is 30.1 Å². The molecule has 1 aliphatic heterocycles. The normalized spacial score (nSPS) is 20.7. The van der Waals surface area contributed by atoms with Gasteiger partial charge in [0.1, 0.15) is 30.4 Å². The van der Waals surface area contributed by atoms with Crippen LogP contribution in [0.1, 0.15) is 38.3 Å². The van der Waals surface area contributed by atoms with Crippen LogP contribution in [-0.4, -0.2) is 63.3 Å². The molecule has 0 radical (unpaired) electrons. The van der Waals surface area contributed by atoms with Crippen molar-refractivity contribution in [2.45, 2.75) is 51.8 Å². The minimum atomic E-state index is -1.04. The highest BCUT2D eigenvalue weighted by atomic mass is 19.1. The Hall–Kier alpha value is -4.12. The van der Waals surface area contributed by atoms with Crippen LogP contribution in [0, 0.1) is 5.82 Å². The summed E-state index contributed by atoms with van der Waals surface area (Å²) in [6.07, 6.45) is -0.535. The first-order valence-corrected chi connectivity index (χ1v) is 12.1. The van der Waals surface area contributed by atoms with E-state index in [0.717, 1.165) is 5.56 Å². The minimum Gasteiger partial charge on any atom is -0.497 e. The van der Waals surface area contributed by atoms with Gasteiger partial charge in [0.25, 0.3) is 0 Å². The fourth-order valence-electron chi connectivity index (χ4n) is 3.98. The van der Waals surface area contributed by atoms with Gasteiger partial charge in [0.15, 0.2) is 17.6 Å². The molecule has 0 N–H and O–H groups in total. The zero-order valence-electron chi connectivity index (χ0n) is 22.3. The third-order valence-corrected chi connectivity index (χ3v) is 5.64. The second kappa shape index (κ2) is 13.6. The first kappa shape index (κ1) is 29.4. The highest BCUT2D eigenvalue weighted by molar-refractivity contribution is 5.75. The van der Waals surface area contributed by atoms with Crippen LogP contribution in [0.25, 0.3) is 12.2 Å². The molecule has 2 aromatic rings. The third-order valence-electron chi connectivity index (χ3n) is 5.64. The van der Waals surface area contributed by atoms with Gasteiger partial charge in [-0.2, -0.15) is 0 Å². The average molecular weight is 547 g/mol. The lowest BCUT2D eigenvalue weighted by atomic mass is 10.0. The predicted molar refractivity (Wildman–Crippen MR) is 137 cm³/mol. The Morgan fingerprint density at radius 1 is 0.949 bits per heavy atom. The van der Waals surface area contributed by atoms with E-state index in [4.69, 9.17) is 33.2 Å². The van der Waals surface area contributed by atoms with Crippen molar-refractivity contribution in [1.29, 1.82) is 0 Å². The van der Waals surface area contributed by atoms with E-state index in [0.29, 0.717) is 17.1 Å². The van der Waals surface area contributed by atoms with Crippen LogP contribution in [0.5, 0.6) is 17.2 Å². The Kier molecular flexibility index (Phi) is 10.3. The Labute approximate surface area is 225 Å². The van der Waals surface area contributed by atoms with Gasteiger partial charge in [-0.25, -0.2) is 4.39 Å². The van der Waals surface area contributed by atoms with E-state index >= 15 is 0 Å². The summed E-state index contributed by atoms with van der Waals surface area (Å²) in [4.78, 5) is 35.1. The molecule has 39 heavy (non-hydrogen) atoms. The number of methoxy groups -OCH3 is 2. The number of hydrogen-bond donors (Lipinski definition) is 0. The zero-order valence-corrected chi connectivity index (χ0v) is 22.3. The van der Waals surface area contributed by atoms with Crippen molar-refractivity contribution in [3.8, 4) is 17.2 Å². The Morgan fingerprint density at radius 2 is 1.64 bits per heavy atom. The Morgan fingerprint density at radius 3 is 2.23 bits per heavy atom. The fourth-order valence-corrected chi connectivity index (χ4v) is 3.98. The van der Waals surface area contributed by atoms with E-state index in [1.165, 1.54) is 47.1 Å². The van der Waals surface area contributed by atoms with Gasteiger partial charge in [0.2, 0.25) is 6.29 Å². The molecule has 0 saturated carbocycles. The second-order valence-corrected chi connectivity index (χ2v) is 8.62. The maximum Gasteiger partial charge on any atom is 0.303 e. The van der Waals surface area contributed by atoms with E-state index in [1.807, 2.05) is 0 Å². The molecule has 0 amide bonds. The van der Waals surface area contributed by atoms with E-state index in [9.17, 15) is 18.8 Å². The lowest BCUT2D eigenvalue weighted by Gasteiger charge is -2.40. The summed E-state index contributed by atoms with van der Waals surface area (Å²) in [5.74, 6) is -1.07. The summed E-state index contributed by atoms with van der Waals surface area (Å²) >= 11 is 0.